The molecule has 3 rings (SSSR count). The molecule has 0 radical (unpaired) electrons. The highest BCUT2D eigenvalue weighted by Crippen LogP contribution is 2.47. The van der Waals surface area contributed by atoms with Crippen molar-refractivity contribution < 1.29 is 0 Å². The Morgan fingerprint density at radius 1 is 1.29 bits per heavy atom. The molecule has 0 saturated carbocycles. The van der Waals surface area contributed by atoms with Crippen LogP contribution in [0.3, 0.4) is 0 Å². The second-order valence-electron chi connectivity index (χ2n) is 3.91. The Labute approximate surface area is 92.6 Å². The van der Waals surface area contributed by atoms with Crippen molar-refractivity contribution in [3.63, 3.8) is 0 Å². The first-order valence-corrected chi connectivity index (χ1v) is 6.74. The van der Waals surface area contributed by atoms with E-state index in [-0.39, 0.29) is 0 Å². The number of thioether (sulfide) groups is 1. The van der Waals surface area contributed by atoms with Crippen molar-refractivity contribution in [3.05, 3.63) is 23.1 Å². The monoisotopic (exact) mass is 223 g/mol. The van der Waals surface area contributed by atoms with Crippen molar-refractivity contribution in [1.82, 2.24) is 5.32 Å². The van der Waals surface area contributed by atoms with Crippen LogP contribution in [0.4, 0.5) is 0 Å². The zero-order chi connectivity index (χ0) is 9.43. The largest absolute Gasteiger partial charge is 0.317 e. The standard InChI is InChI=1S/C11H13NS2/c1-3-11(4-6-12-7-5-11)14-10-9(1)2-8-13-10/h1-3,8,12H,4-7H2. The van der Waals surface area contributed by atoms with Gasteiger partial charge in [0.1, 0.15) is 0 Å². The molecule has 74 valence electrons. The van der Waals surface area contributed by atoms with Crippen molar-refractivity contribution in [2.75, 3.05) is 13.1 Å². The van der Waals surface area contributed by atoms with Crippen molar-refractivity contribution >= 4 is 29.2 Å². The summed E-state index contributed by atoms with van der Waals surface area (Å²) in [6, 6.07) is 2.22. The van der Waals surface area contributed by atoms with Crippen LogP contribution in [0, 0.1) is 0 Å². The molecule has 3 heterocycles. The predicted octanol–water partition coefficient (Wildman–Crippen LogP) is 2.99. The normalized spacial score (nSPS) is 23.7. The van der Waals surface area contributed by atoms with Crippen molar-refractivity contribution in [1.29, 1.82) is 0 Å². The number of piperidine rings is 1. The van der Waals surface area contributed by atoms with Crippen molar-refractivity contribution in [2.45, 2.75) is 21.8 Å². The van der Waals surface area contributed by atoms with Crippen LogP contribution in [0.15, 0.2) is 21.7 Å². The molecule has 1 N–H and O–H groups in total. The lowest BCUT2D eigenvalue weighted by atomic mass is 9.95. The lowest BCUT2D eigenvalue weighted by Crippen LogP contribution is -2.38. The van der Waals surface area contributed by atoms with Crippen LogP contribution in [0.1, 0.15) is 18.4 Å². The van der Waals surface area contributed by atoms with Gasteiger partial charge in [-0.3, -0.25) is 0 Å². The molecule has 0 atom stereocenters. The van der Waals surface area contributed by atoms with Gasteiger partial charge in [0.2, 0.25) is 0 Å². The van der Waals surface area contributed by atoms with Crippen molar-refractivity contribution in [3.8, 4) is 0 Å². The molecule has 1 saturated heterocycles. The van der Waals surface area contributed by atoms with E-state index in [4.69, 9.17) is 0 Å². The van der Waals surface area contributed by atoms with Crippen LogP contribution in [-0.2, 0) is 0 Å². The van der Waals surface area contributed by atoms with Gasteiger partial charge in [-0.15, -0.1) is 23.1 Å². The minimum Gasteiger partial charge on any atom is -0.317 e. The Balaban J connectivity index is 1.92. The van der Waals surface area contributed by atoms with E-state index in [1.807, 2.05) is 11.3 Å². The first-order chi connectivity index (χ1) is 6.88. The fourth-order valence-corrected chi connectivity index (χ4v) is 4.73. The van der Waals surface area contributed by atoms with Gasteiger partial charge >= 0.3 is 0 Å². The Kier molecular flexibility index (Phi) is 2.19. The molecule has 0 unspecified atom stereocenters. The minimum atomic E-state index is 0.406. The van der Waals surface area contributed by atoms with Crippen LogP contribution in [0.25, 0.3) is 6.08 Å². The van der Waals surface area contributed by atoms with Crippen LogP contribution >= 0.6 is 23.1 Å². The molecule has 3 heteroatoms. The molecule has 1 aromatic rings. The van der Waals surface area contributed by atoms with Crippen LogP contribution in [0.5, 0.6) is 0 Å². The van der Waals surface area contributed by atoms with E-state index in [1.165, 1.54) is 22.6 Å². The molecule has 2 aliphatic rings. The van der Waals surface area contributed by atoms with Gasteiger partial charge in [-0.05, 0) is 42.9 Å². The molecule has 0 amide bonds. The summed E-state index contributed by atoms with van der Waals surface area (Å²) in [5.74, 6) is 0. The molecule has 1 spiro atoms. The second-order valence-corrected chi connectivity index (χ2v) is 6.51. The van der Waals surface area contributed by atoms with E-state index in [1.54, 1.807) is 0 Å². The highest BCUT2D eigenvalue weighted by molar-refractivity contribution is 8.02. The quantitative estimate of drug-likeness (QED) is 0.725. The highest BCUT2D eigenvalue weighted by Gasteiger charge is 2.33. The van der Waals surface area contributed by atoms with Gasteiger partial charge in [-0.1, -0.05) is 12.2 Å². The highest BCUT2D eigenvalue weighted by atomic mass is 32.2. The summed E-state index contributed by atoms with van der Waals surface area (Å²) < 4.78 is 1.91. The van der Waals surface area contributed by atoms with Gasteiger partial charge in [-0.2, -0.15) is 0 Å². The van der Waals surface area contributed by atoms with Crippen LogP contribution in [0.2, 0.25) is 0 Å². The molecule has 0 aromatic carbocycles. The minimum absolute atomic E-state index is 0.406. The second kappa shape index (κ2) is 3.40. The molecule has 14 heavy (non-hydrogen) atoms. The van der Waals surface area contributed by atoms with E-state index in [9.17, 15) is 0 Å². The third-order valence-electron chi connectivity index (χ3n) is 2.97. The van der Waals surface area contributed by atoms with Gasteiger partial charge in [-0.25, -0.2) is 0 Å². The molecular formula is C11H13NS2. The topological polar surface area (TPSA) is 12.0 Å². The van der Waals surface area contributed by atoms with E-state index in [0.717, 1.165) is 13.1 Å². The summed E-state index contributed by atoms with van der Waals surface area (Å²) in [7, 11) is 0. The summed E-state index contributed by atoms with van der Waals surface area (Å²) in [4.78, 5) is 0. The van der Waals surface area contributed by atoms with Gasteiger partial charge < -0.3 is 5.32 Å². The number of rotatable bonds is 0. The summed E-state index contributed by atoms with van der Waals surface area (Å²) in [6.45, 7) is 2.33. The Morgan fingerprint density at radius 3 is 3.00 bits per heavy atom. The fraction of sp³-hybridized carbons (Fsp3) is 0.455. The molecule has 2 aliphatic heterocycles. The zero-order valence-electron chi connectivity index (χ0n) is 7.95. The van der Waals surface area contributed by atoms with Crippen LogP contribution < -0.4 is 5.32 Å². The maximum absolute atomic E-state index is 3.43. The Hall–Kier alpha value is -0.250. The van der Waals surface area contributed by atoms with Gasteiger partial charge in [0.05, 0.1) is 4.21 Å². The maximum Gasteiger partial charge on any atom is 0.0679 e. The molecule has 0 aliphatic carbocycles. The Morgan fingerprint density at radius 2 is 2.14 bits per heavy atom. The number of hydrogen-bond acceptors (Lipinski definition) is 3. The number of nitrogens with one attached hydrogen (secondary N) is 1. The first kappa shape index (κ1) is 9.01. The summed E-state index contributed by atoms with van der Waals surface area (Å²) in [5, 5.41) is 5.63. The molecule has 1 aromatic heterocycles. The third-order valence-corrected chi connectivity index (χ3v) is 5.60. The molecule has 0 bridgehead atoms. The number of fused-ring (bicyclic) bond motifs is 1. The fourth-order valence-electron chi connectivity index (χ4n) is 2.09. The van der Waals surface area contributed by atoms with E-state index in [2.05, 4.69) is 40.7 Å². The van der Waals surface area contributed by atoms with Gasteiger partial charge in [0.15, 0.2) is 0 Å². The molecule has 1 nitrogen and oxygen atoms in total. The van der Waals surface area contributed by atoms with Gasteiger partial charge in [0.25, 0.3) is 0 Å². The summed E-state index contributed by atoms with van der Waals surface area (Å²) in [5.41, 5.74) is 1.42. The molecular weight excluding hydrogens is 210 g/mol. The SMILES string of the molecule is C1=CC2(CCNCC2)Sc2sccc21. The third kappa shape index (κ3) is 1.44. The summed E-state index contributed by atoms with van der Waals surface area (Å²) in [6.07, 6.45) is 7.28. The summed E-state index contributed by atoms with van der Waals surface area (Å²) >= 11 is 3.96. The van der Waals surface area contributed by atoms with Crippen LogP contribution in [-0.4, -0.2) is 17.8 Å². The average Bonchev–Trinajstić information content (AvgIpc) is 2.66. The number of thiophene rings is 1. The number of hydrogen-bond donors (Lipinski definition) is 1. The predicted molar refractivity (Wildman–Crippen MR) is 64.0 cm³/mol. The van der Waals surface area contributed by atoms with Crippen molar-refractivity contribution in [2.24, 2.45) is 0 Å². The first-order valence-electron chi connectivity index (χ1n) is 5.04. The lowest BCUT2D eigenvalue weighted by molar-refractivity contribution is 0.470. The lowest BCUT2D eigenvalue weighted by Gasteiger charge is -2.36. The van der Waals surface area contributed by atoms with Gasteiger partial charge in [0, 0.05) is 4.75 Å². The van der Waals surface area contributed by atoms with E-state index < -0.39 is 0 Å². The molecule has 1 fully saturated rings. The van der Waals surface area contributed by atoms with E-state index in [0.29, 0.717) is 4.75 Å². The zero-order valence-corrected chi connectivity index (χ0v) is 9.59. The van der Waals surface area contributed by atoms with E-state index >= 15 is 0 Å². The smallest absolute Gasteiger partial charge is 0.0679 e. The average molecular weight is 223 g/mol. The Bertz CT molecular complexity index is 361. The maximum atomic E-state index is 3.43.